The van der Waals surface area contributed by atoms with E-state index in [-0.39, 0.29) is 5.91 Å². The molecule has 0 atom stereocenters. The van der Waals surface area contributed by atoms with Gasteiger partial charge in [0.05, 0.1) is 11.6 Å². The monoisotopic (exact) mass is 271 g/mol. The van der Waals surface area contributed by atoms with Gasteiger partial charge in [0, 0.05) is 16.6 Å². The molecular weight excluding hydrogens is 258 g/mol. The number of amides is 1. The molecule has 3 N–H and O–H groups in total. The average molecular weight is 271 g/mol. The standard InChI is InChI=1S/C14H13N3OS/c1-10-16-13(9-19-10)14(18)17-12-6-4-11(5-7-12)3-2-8-15/h4-7,9H,8,15H2,1H3,(H,17,18). The van der Waals surface area contributed by atoms with Crippen LogP contribution in [0.25, 0.3) is 0 Å². The highest BCUT2D eigenvalue weighted by Gasteiger charge is 2.09. The van der Waals surface area contributed by atoms with Crippen LogP contribution >= 0.6 is 11.3 Å². The number of nitrogens with one attached hydrogen (secondary N) is 1. The van der Waals surface area contributed by atoms with E-state index >= 15 is 0 Å². The van der Waals surface area contributed by atoms with Gasteiger partial charge in [0.2, 0.25) is 0 Å². The van der Waals surface area contributed by atoms with Crippen LogP contribution in [0.1, 0.15) is 21.1 Å². The number of hydrogen-bond donors (Lipinski definition) is 2. The van der Waals surface area contributed by atoms with Crippen molar-refractivity contribution >= 4 is 22.9 Å². The number of carbonyl (C=O) groups is 1. The molecule has 19 heavy (non-hydrogen) atoms. The summed E-state index contributed by atoms with van der Waals surface area (Å²) in [5.74, 6) is 5.49. The Morgan fingerprint density at radius 3 is 2.74 bits per heavy atom. The summed E-state index contributed by atoms with van der Waals surface area (Å²) in [4.78, 5) is 16.0. The Balaban J connectivity index is 2.05. The van der Waals surface area contributed by atoms with E-state index in [1.807, 2.05) is 19.1 Å². The summed E-state index contributed by atoms with van der Waals surface area (Å²) in [6.45, 7) is 2.20. The zero-order chi connectivity index (χ0) is 13.7. The number of thiazole rings is 1. The third-order valence-corrected chi connectivity index (χ3v) is 3.10. The van der Waals surface area contributed by atoms with Crippen LogP contribution in [0, 0.1) is 18.8 Å². The van der Waals surface area contributed by atoms with E-state index < -0.39 is 0 Å². The van der Waals surface area contributed by atoms with Crippen LogP contribution in [0.5, 0.6) is 0 Å². The van der Waals surface area contributed by atoms with Gasteiger partial charge in [0.15, 0.2) is 0 Å². The first-order valence-corrected chi connectivity index (χ1v) is 6.59. The fourth-order valence-corrected chi connectivity index (χ4v) is 2.05. The molecule has 0 aliphatic carbocycles. The van der Waals surface area contributed by atoms with E-state index in [0.717, 1.165) is 10.6 Å². The minimum Gasteiger partial charge on any atom is -0.321 e. The summed E-state index contributed by atoms with van der Waals surface area (Å²) in [5, 5.41) is 5.40. The molecule has 0 aliphatic heterocycles. The summed E-state index contributed by atoms with van der Waals surface area (Å²) >= 11 is 1.45. The number of rotatable bonds is 2. The van der Waals surface area contributed by atoms with E-state index in [1.54, 1.807) is 17.5 Å². The molecule has 1 aromatic heterocycles. The van der Waals surface area contributed by atoms with Crippen molar-refractivity contribution in [2.24, 2.45) is 5.73 Å². The van der Waals surface area contributed by atoms with Gasteiger partial charge < -0.3 is 11.1 Å². The van der Waals surface area contributed by atoms with Crippen molar-refractivity contribution < 1.29 is 4.79 Å². The maximum absolute atomic E-state index is 11.9. The van der Waals surface area contributed by atoms with Crippen molar-refractivity contribution in [3.8, 4) is 11.8 Å². The summed E-state index contributed by atoms with van der Waals surface area (Å²) in [6.07, 6.45) is 0. The molecule has 1 aromatic carbocycles. The first-order valence-electron chi connectivity index (χ1n) is 5.71. The topological polar surface area (TPSA) is 68.0 Å². The molecule has 2 rings (SSSR count). The predicted octanol–water partition coefficient (Wildman–Crippen LogP) is 2.01. The molecule has 0 fully saturated rings. The molecule has 0 bridgehead atoms. The molecule has 1 heterocycles. The van der Waals surface area contributed by atoms with Crippen LogP contribution in [0.4, 0.5) is 5.69 Å². The first kappa shape index (κ1) is 13.3. The smallest absolute Gasteiger partial charge is 0.275 e. The van der Waals surface area contributed by atoms with Crippen molar-refractivity contribution in [2.45, 2.75) is 6.92 Å². The van der Waals surface area contributed by atoms with Crippen LogP contribution in [-0.2, 0) is 0 Å². The zero-order valence-corrected chi connectivity index (χ0v) is 11.3. The molecule has 96 valence electrons. The highest BCUT2D eigenvalue weighted by atomic mass is 32.1. The molecule has 0 spiro atoms. The number of benzene rings is 1. The minimum absolute atomic E-state index is 0.204. The Morgan fingerprint density at radius 2 is 2.16 bits per heavy atom. The summed E-state index contributed by atoms with van der Waals surface area (Å²) in [5.41, 5.74) is 7.33. The SMILES string of the molecule is Cc1nc(C(=O)Nc2ccc(C#CCN)cc2)cs1. The highest BCUT2D eigenvalue weighted by Crippen LogP contribution is 2.12. The molecule has 0 unspecified atom stereocenters. The lowest BCUT2D eigenvalue weighted by Crippen LogP contribution is -2.12. The second-order valence-corrected chi connectivity index (χ2v) is 4.85. The van der Waals surface area contributed by atoms with Gasteiger partial charge in [-0.3, -0.25) is 4.79 Å². The van der Waals surface area contributed by atoms with Gasteiger partial charge in [-0.1, -0.05) is 11.8 Å². The van der Waals surface area contributed by atoms with Crippen molar-refractivity contribution in [3.05, 3.63) is 45.9 Å². The van der Waals surface area contributed by atoms with Gasteiger partial charge >= 0.3 is 0 Å². The number of nitrogens with zero attached hydrogens (tertiary/aromatic N) is 1. The molecule has 0 aliphatic rings. The van der Waals surface area contributed by atoms with Crippen molar-refractivity contribution in [1.82, 2.24) is 4.98 Å². The maximum atomic E-state index is 11.9. The Labute approximate surface area is 115 Å². The predicted molar refractivity (Wildman–Crippen MR) is 77.2 cm³/mol. The third kappa shape index (κ3) is 3.65. The third-order valence-electron chi connectivity index (χ3n) is 2.33. The Morgan fingerprint density at radius 1 is 1.42 bits per heavy atom. The normalized spacial score (nSPS) is 9.58. The maximum Gasteiger partial charge on any atom is 0.275 e. The minimum atomic E-state index is -0.204. The van der Waals surface area contributed by atoms with Gasteiger partial charge in [-0.25, -0.2) is 4.98 Å². The highest BCUT2D eigenvalue weighted by molar-refractivity contribution is 7.09. The van der Waals surface area contributed by atoms with Crippen molar-refractivity contribution in [2.75, 3.05) is 11.9 Å². The zero-order valence-electron chi connectivity index (χ0n) is 10.4. The second-order valence-electron chi connectivity index (χ2n) is 3.79. The van der Waals surface area contributed by atoms with E-state index in [1.165, 1.54) is 11.3 Å². The fourth-order valence-electron chi connectivity index (χ4n) is 1.45. The van der Waals surface area contributed by atoms with Crippen LogP contribution in [-0.4, -0.2) is 17.4 Å². The number of aromatic nitrogens is 1. The van der Waals surface area contributed by atoms with Gasteiger partial charge in [-0.15, -0.1) is 11.3 Å². The number of carbonyl (C=O) groups excluding carboxylic acids is 1. The number of hydrogen-bond acceptors (Lipinski definition) is 4. The lowest BCUT2D eigenvalue weighted by atomic mass is 10.2. The summed E-state index contributed by atoms with van der Waals surface area (Å²) in [7, 11) is 0. The van der Waals surface area contributed by atoms with Gasteiger partial charge in [-0.05, 0) is 31.2 Å². The Hall–Kier alpha value is -2.16. The Kier molecular flexibility index (Phi) is 4.29. The molecule has 0 radical (unpaired) electrons. The molecule has 2 aromatic rings. The van der Waals surface area contributed by atoms with Gasteiger partial charge in [0.25, 0.3) is 5.91 Å². The average Bonchev–Trinajstić information content (AvgIpc) is 2.85. The van der Waals surface area contributed by atoms with Crippen molar-refractivity contribution in [1.29, 1.82) is 0 Å². The van der Waals surface area contributed by atoms with Gasteiger partial charge in [-0.2, -0.15) is 0 Å². The molecular formula is C14H13N3OS. The summed E-state index contributed by atoms with van der Waals surface area (Å²) < 4.78 is 0. The van der Waals surface area contributed by atoms with E-state index in [4.69, 9.17) is 5.73 Å². The van der Waals surface area contributed by atoms with E-state index in [2.05, 4.69) is 22.1 Å². The van der Waals surface area contributed by atoms with E-state index in [9.17, 15) is 4.79 Å². The Bertz CT molecular complexity index is 635. The molecule has 5 heteroatoms. The molecule has 0 saturated heterocycles. The first-order chi connectivity index (χ1) is 9.19. The molecule has 0 saturated carbocycles. The van der Waals surface area contributed by atoms with Crippen LogP contribution in [0.15, 0.2) is 29.6 Å². The number of anilines is 1. The second kappa shape index (κ2) is 6.14. The summed E-state index contributed by atoms with van der Waals surface area (Å²) in [6, 6.07) is 7.28. The van der Waals surface area contributed by atoms with Crippen molar-refractivity contribution in [3.63, 3.8) is 0 Å². The van der Waals surface area contributed by atoms with Crippen LogP contribution < -0.4 is 11.1 Å². The van der Waals surface area contributed by atoms with Gasteiger partial charge in [0.1, 0.15) is 5.69 Å². The quantitative estimate of drug-likeness (QED) is 0.821. The lowest BCUT2D eigenvalue weighted by Gasteiger charge is -2.02. The van der Waals surface area contributed by atoms with Crippen LogP contribution in [0.2, 0.25) is 0 Å². The largest absolute Gasteiger partial charge is 0.321 e. The lowest BCUT2D eigenvalue weighted by molar-refractivity contribution is 0.102. The fraction of sp³-hybridized carbons (Fsp3) is 0.143. The number of aryl methyl sites for hydroxylation is 1. The molecule has 4 nitrogen and oxygen atoms in total. The van der Waals surface area contributed by atoms with E-state index in [0.29, 0.717) is 17.9 Å². The number of nitrogens with two attached hydrogens (primary N) is 1. The molecule has 1 amide bonds. The van der Waals surface area contributed by atoms with Crippen LogP contribution in [0.3, 0.4) is 0 Å².